The maximum Gasteiger partial charge on any atom is 0.320 e. The molecule has 0 bridgehead atoms. The molecule has 160 valence electrons. The average Bonchev–Trinajstić information content (AvgIpc) is 2.79. The second kappa shape index (κ2) is 9.90. The highest BCUT2D eigenvalue weighted by atomic mass is 32.2. The maximum absolute atomic E-state index is 11.1. The normalized spacial score (nSPS) is 13.3. The minimum atomic E-state index is -0.818. The summed E-state index contributed by atoms with van der Waals surface area (Å²) in [4.78, 5) is 15.9. The first-order chi connectivity index (χ1) is 15.2. The standard InChI is InChI=1S/C25H26N2O3S/c1-2-20(25(28)29)26-17-18-11-13-19(14-12-18)30-16-15-27-21-7-3-5-9-23(21)31-24-10-6-4-8-22(24)27/h3-14,20,26H,2,15-17H2,1H3,(H,28,29). The van der Waals surface area contributed by atoms with Crippen LogP contribution in [-0.4, -0.2) is 30.3 Å². The van der Waals surface area contributed by atoms with Crippen molar-refractivity contribution in [1.29, 1.82) is 0 Å². The SMILES string of the molecule is CCC(NCc1ccc(OCCN2c3ccccc3Sc3ccccc32)cc1)C(=O)O. The Kier molecular flexibility index (Phi) is 6.79. The highest BCUT2D eigenvalue weighted by Crippen LogP contribution is 2.47. The predicted molar refractivity (Wildman–Crippen MR) is 125 cm³/mol. The van der Waals surface area contributed by atoms with E-state index in [1.807, 2.05) is 31.2 Å². The van der Waals surface area contributed by atoms with Crippen LogP contribution in [0.2, 0.25) is 0 Å². The number of hydrogen-bond acceptors (Lipinski definition) is 5. The Hall–Kier alpha value is -2.96. The number of ether oxygens (including phenoxy) is 1. The van der Waals surface area contributed by atoms with Crippen molar-refractivity contribution in [3.05, 3.63) is 78.4 Å². The van der Waals surface area contributed by atoms with Crippen LogP contribution in [0.3, 0.4) is 0 Å². The quantitative estimate of drug-likeness (QED) is 0.475. The van der Waals surface area contributed by atoms with E-state index < -0.39 is 12.0 Å². The number of carboxylic acids is 1. The molecule has 0 saturated carbocycles. The van der Waals surface area contributed by atoms with Crippen LogP contribution in [0, 0.1) is 0 Å². The molecule has 0 saturated heterocycles. The first kappa shape index (κ1) is 21.3. The molecule has 0 aromatic heterocycles. The largest absolute Gasteiger partial charge is 0.492 e. The van der Waals surface area contributed by atoms with Crippen LogP contribution in [0.5, 0.6) is 5.75 Å². The lowest BCUT2D eigenvalue weighted by atomic mass is 10.2. The molecule has 0 amide bonds. The number of hydrogen-bond donors (Lipinski definition) is 2. The van der Waals surface area contributed by atoms with Gasteiger partial charge >= 0.3 is 5.97 Å². The van der Waals surface area contributed by atoms with E-state index in [2.05, 4.69) is 58.7 Å². The summed E-state index contributed by atoms with van der Waals surface area (Å²) in [5.74, 6) is -0.0105. The Morgan fingerprint density at radius 3 is 2.19 bits per heavy atom. The van der Waals surface area contributed by atoms with Gasteiger partial charge in [-0.3, -0.25) is 4.79 Å². The number of fused-ring (bicyclic) bond motifs is 2. The van der Waals surface area contributed by atoms with Crippen LogP contribution in [0.4, 0.5) is 11.4 Å². The van der Waals surface area contributed by atoms with Crippen LogP contribution in [0.15, 0.2) is 82.6 Å². The molecule has 5 nitrogen and oxygen atoms in total. The third-order valence-electron chi connectivity index (χ3n) is 5.30. The van der Waals surface area contributed by atoms with E-state index in [0.29, 0.717) is 19.6 Å². The van der Waals surface area contributed by atoms with E-state index in [0.717, 1.165) is 17.9 Å². The second-order valence-corrected chi connectivity index (χ2v) is 8.45. The van der Waals surface area contributed by atoms with Gasteiger partial charge in [0.05, 0.1) is 17.9 Å². The zero-order chi connectivity index (χ0) is 21.6. The molecule has 2 N–H and O–H groups in total. The topological polar surface area (TPSA) is 61.8 Å². The number of aliphatic carboxylic acids is 1. The molecular weight excluding hydrogens is 408 g/mol. The summed E-state index contributed by atoms with van der Waals surface area (Å²) in [6, 6.07) is 24.2. The molecule has 1 heterocycles. The van der Waals surface area contributed by atoms with E-state index in [9.17, 15) is 4.79 Å². The molecule has 3 aromatic rings. The summed E-state index contributed by atoms with van der Waals surface area (Å²) in [5.41, 5.74) is 3.45. The third kappa shape index (κ3) is 5.03. The minimum absolute atomic E-state index is 0.518. The highest BCUT2D eigenvalue weighted by Gasteiger charge is 2.22. The van der Waals surface area contributed by atoms with Crippen LogP contribution >= 0.6 is 11.8 Å². The molecule has 1 unspecified atom stereocenters. The first-order valence-corrected chi connectivity index (χ1v) is 11.3. The van der Waals surface area contributed by atoms with Gasteiger partial charge in [-0.05, 0) is 48.4 Å². The molecule has 1 atom stereocenters. The molecule has 0 aliphatic carbocycles. The van der Waals surface area contributed by atoms with Gasteiger partial charge in [0, 0.05) is 16.3 Å². The summed E-state index contributed by atoms with van der Waals surface area (Å²) in [6.45, 7) is 3.68. The number of anilines is 2. The van der Waals surface area contributed by atoms with Gasteiger partial charge in [0.15, 0.2) is 0 Å². The number of para-hydroxylation sites is 2. The molecular formula is C25H26N2O3S. The predicted octanol–water partition coefficient (Wildman–Crippen LogP) is 5.32. The maximum atomic E-state index is 11.1. The molecule has 6 heteroatoms. The molecule has 3 aromatic carbocycles. The van der Waals surface area contributed by atoms with Crippen molar-refractivity contribution in [3.63, 3.8) is 0 Å². The highest BCUT2D eigenvalue weighted by molar-refractivity contribution is 7.99. The fourth-order valence-corrected chi connectivity index (χ4v) is 4.72. The Morgan fingerprint density at radius 1 is 1.00 bits per heavy atom. The van der Waals surface area contributed by atoms with Crippen molar-refractivity contribution in [1.82, 2.24) is 5.32 Å². The molecule has 0 fully saturated rings. The number of nitrogens with one attached hydrogen (secondary N) is 1. The van der Waals surface area contributed by atoms with Crippen LogP contribution in [-0.2, 0) is 11.3 Å². The van der Waals surface area contributed by atoms with Gasteiger partial charge in [-0.15, -0.1) is 0 Å². The van der Waals surface area contributed by atoms with Gasteiger partial charge in [0.1, 0.15) is 18.4 Å². The van der Waals surface area contributed by atoms with Crippen molar-refractivity contribution in [2.24, 2.45) is 0 Å². The van der Waals surface area contributed by atoms with E-state index in [-0.39, 0.29) is 0 Å². The van der Waals surface area contributed by atoms with Gasteiger partial charge in [-0.25, -0.2) is 0 Å². The smallest absolute Gasteiger partial charge is 0.320 e. The summed E-state index contributed by atoms with van der Waals surface area (Å²) < 4.78 is 6.02. The lowest BCUT2D eigenvalue weighted by Crippen LogP contribution is -2.35. The first-order valence-electron chi connectivity index (χ1n) is 10.5. The Morgan fingerprint density at radius 2 is 1.61 bits per heavy atom. The molecule has 0 spiro atoms. The fourth-order valence-electron chi connectivity index (χ4n) is 3.63. The van der Waals surface area contributed by atoms with Gasteiger partial charge in [0.25, 0.3) is 0 Å². The summed E-state index contributed by atoms with van der Waals surface area (Å²) >= 11 is 1.80. The van der Waals surface area contributed by atoms with Crippen molar-refractivity contribution in [2.45, 2.75) is 35.7 Å². The van der Waals surface area contributed by atoms with Gasteiger partial charge in [-0.1, -0.05) is 55.1 Å². The molecule has 4 rings (SSSR count). The average molecular weight is 435 g/mol. The van der Waals surface area contributed by atoms with Crippen molar-refractivity contribution < 1.29 is 14.6 Å². The summed E-state index contributed by atoms with van der Waals surface area (Å²) in [7, 11) is 0. The summed E-state index contributed by atoms with van der Waals surface area (Å²) in [5, 5.41) is 12.2. The van der Waals surface area contributed by atoms with Crippen molar-refractivity contribution >= 4 is 29.1 Å². The van der Waals surface area contributed by atoms with Crippen LogP contribution in [0.25, 0.3) is 0 Å². The summed E-state index contributed by atoms with van der Waals surface area (Å²) in [6.07, 6.45) is 0.553. The molecule has 1 aliphatic heterocycles. The van der Waals surface area contributed by atoms with Crippen molar-refractivity contribution in [2.75, 3.05) is 18.1 Å². The van der Waals surface area contributed by atoms with E-state index in [1.165, 1.54) is 21.2 Å². The van der Waals surface area contributed by atoms with E-state index in [1.54, 1.807) is 11.8 Å². The van der Waals surface area contributed by atoms with Crippen LogP contribution < -0.4 is 15.0 Å². The number of carbonyl (C=O) groups is 1. The molecule has 1 aliphatic rings. The lowest BCUT2D eigenvalue weighted by molar-refractivity contribution is -0.139. The molecule has 0 radical (unpaired) electrons. The Bertz CT molecular complexity index is 993. The monoisotopic (exact) mass is 434 g/mol. The van der Waals surface area contributed by atoms with E-state index >= 15 is 0 Å². The molecule has 31 heavy (non-hydrogen) atoms. The Labute approximate surface area is 187 Å². The minimum Gasteiger partial charge on any atom is -0.492 e. The van der Waals surface area contributed by atoms with E-state index in [4.69, 9.17) is 9.84 Å². The van der Waals surface area contributed by atoms with Gasteiger partial charge in [-0.2, -0.15) is 0 Å². The number of carboxylic acid groups (broad SMARTS) is 1. The number of rotatable bonds is 9. The zero-order valence-electron chi connectivity index (χ0n) is 17.5. The van der Waals surface area contributed by atoms with Gasteiger partial charge < -0.3 is 20.1 Å². The number of nitrogens with zero attached hydrogens (tertiary/aromatic N) is 1. The van der Waals surface area contributed by atoms with Gasteiger partial charge in [0.2, 0.25) is 0 Å². The van der Waals surface area contributed by atoms with Crippen molar-refractivity contribution in [3.8, 4) is 5.75 Å². The second-order valence-electron chi connectivity index (χ2n) is 7.36. The zero-order valence-corrected chi connectivity index (χ0v) is 18.3. The number of benzene rings is 3. The Balaban J connectivity index is 1.36. The lowest BCUT2D eigenvalue weighted by Gasteiger charge is -2.32. The van der Waals surface area contributed by atoms with Crippen LogP contribution in [0.1, 0.15) is 18.9 Å². The fraction of sp³-hybridized carbons (Fsp3) is 0.240. The third-order valence-corrected chi connectivity index (χ3v) is 6.43.